The van der Waals surface area contributed by atoms with Crippen LogP contribution in [0.5, 0.6) is 0 Å². The molecule has 3 atom stereocenters. The van der Waals surface area contributed by atoms with Gasteiger partial charge in [0.25, 0.3) is 0 Å². The molecule has 2 aliphatic rings. The highest BCUT2D eigenvalue weighted by atomic mass is 16.5. The lowest BCUT2D eigenvalue weighted by Gasteiger charge is -2.38. The standard InChI is InChI=1S/C11H16O2/c1-7-3-4-9-8(2)6-11(12)13-10(9)5-7/h7,9-10H,2-6H2,1H3/t7-,9+,10-/m1/s1. The normalized spacial score (nSPS) is 39.6. The number of rotatable bonds is 0. The highest BCUT2D eigenvalue weighted by molar-refractivity contribution is 5.74. The topological polar surface area (TPSA) is 26.3 Å². The number of hydrogen-bond acceptors (Lipinski definition) is 2. The summed E-state index contributed by atoms with van der Waals surface area (Å²) < 4.78 is 5.33. The summed E-state index contributed by atoms with van der Waals surface area (Å²) >= 11 is 0. The Labute approximate surface area is 79.0 Å². The average molecular weight is 180 g/mol. The monoisotopic (exact) mass is 180 g/mol. The Hall–Kier alpha value is -0.790. The van der Waals surface area contributed by atoms with Crippen molar-refractivity contribution in [2.45, 2.75) is 38.7 Å². The first-order valence-electron chi connectivity index (χ1n) is 5.04. The summed E-state index contributed by atoms with van der Waals surface area (Å²) in [5.74, 6) is 1.06. The van der Waals surface area contributed by atoms with Gasteiger partial charge in [-0.15, -0.1) is 0 Å². The molecule has 2 fully saturated rings. The molecule has 2 nitrogen and oxygen atoms in total. The highest BCUT2D eigenvalue weighted by Crippen LogP contribution is 2.38. The molecule has 0 aromatic carbocycles. The summed E-state index contributed by atoms with van der Waals surface area (Å²) in [7, 11) is 0. The molecule has 72 valence electrons. The number of fused-ring (bicyclic) bond motifs is 1. The summed E-state index contributed by atoms with van der Waals surface area (Å²) in [6.07, 6.45) is 4.00. The van der Waals surface area contributed by atoms with Crippen molar-refractivity contribution < 1.29 is 9.53 Å². The van der Waals surface area contributed by atoms with Crippen LogP contribution in [0, 0.1) is 11.8 Å². The average Bonchev–Trinajstić information content (AvgIpc) is 2.02. The van der Waals surface area contributed by atoms with Crippen LogP contribution in [0.2, 0.25) is 0 Å². The molecule has 0 spiro atoms. The predicted octanol–water partition coefficient (Wildman–Crippen LogP) is 2.29. The molecule has 13 heavy (non-hydrogen) atoms. The van der Waals surface area contributed by atoms with Crippen LogP contribution in [0.4, 0.5) is 0 Å². The molecule has 1 aliphatic carbocycles. The van der Waals surface area contributed by atoms with Crippen LogP contribution in [0.15, 0.2) is 12.2 Å². The number of ether oxygens (including phenoxy) is 1. The first kappa shape index (κ1) is 8.79. The van der Waals surface area contributed by atoms with Crippen LogP contribution < -0.4 is 0 Å². The molecule has 1 saturated carbocycles. The van der Waals surface area contributed by atoms with Gasteiger partial charge in [-0.25, -0.2) is 0 Å². The van der Waals surface area contributed by atoms with Crippen LogP contribution in [-0.4, -0.2) is 12.1 Å². The van der Waals surface area contributed by atoms with E-state index >= 15 is 0 Å². The Morgan fingerprint density at radius 1 is 1.46 bits per heavy atom. The zero-order valence-corrected chi connectivity index (χ0v) is 8.08. The summed E-state index contributed by atoms with van der Waals surface area (Å²) in [5.41, 5.74) is 1.09. The molecule has 2 heteroatoms. The van der Waals surface area contributed by atoms with E-state index in [9.17, 15) is 4.79 Å². The molecule has 0 amide bonds. The van der Waals surface area contributed by atoms with E-state index < -0.39 is 0 Å². The van der Waals surface area contributed by atoms with Gasteiger partial charge in [0.1, 0.15) is 6.10 Å². The maximum absolute atomic E-state index is 11.2. The number of carbonyl (C=O) groups excluding carboxylic acids is 1. The smallest absolute Gasteiger partial charge is 0.310 e. The fraction of sp³-hybridized carbons (Fsp3) is 0.727. The lowest BCUT2D eigenvalue weighted by Crippen LogP contribution is -2.38. The van der Waals surface area contributed by atoms with Crippen molar-refractivity contribution in [1.82, 2.24) is 0 Å². The molecule has 0 N–H and O–H groups in total. The Bertz CT molecular complexity index is 244. The molecule has 0 aromatic rings. The SMILES string of the molecule is C=C1CC(=O)O[C@@H]2C[C@H](C)CC[C@@H]12. The third-order valence-corrected chi connectivity index (χ3v) is 3.23. The van der Waals surface area contributed by atoms with Gasteiger partial charge in [0.2, 0.25) is 0 Å². The van der Waals surface area contributed by atoms with E-state index in [1.807, 2.05) is 0 Å². The van der Waals surface area contributed by atoms with Crippen molar-refractivity contribution in [1.29, 1.82) is 0 Å². The van der Waals surface area contributed by atoms with E-state index in [1.165, 1.54) is 6.42 Å². The van der Waals surface area contributed by atoms with E-state index in [0.717, 1.165) is 18.4 Å². The zero-order chi connectivity index (χ0) is 9.42. The first-order valence-corrected chi connectivity index (χ1v) is 5.04. The Balaban J connectivity index is 2.10. The van der Waals surface area contributed by atoms with Crippen LogP contribution in [0.3, 0.4) is 0 Å². The second-order valence-corrected chi connectivity index (χ2v) is 4.39. The fourth-order valence-corrected chi connectivity index (χ4v) is 2.45. The van der Waals surface area contributed by atoms with E-state index in [-0.39, 0.29) is 12.1 Å². The van der Waals surface area contributed by atoms with Gasteiger partial charge in [0.15, 0.2) is 0 Å². The maximum Gasteiger partial charge on any atom is 0.310 e. The Morgan fingerprint density at radius 2 is 2.23 bits per heavy atom. The van der Waals surface area contributed by atoms with Crippen molar-refractivity contribution in [2.24, 2.45) is 11.8 Å². The van der Waals surface area contributed by atoms with Crippen LogP contribution in [0.25, 0.3) is 0 Å². The molecule has 1 saturated heterocycles. The summed E-state index contributed by atoms with van der Waals surface area (Å²) in [6.45, 7) is 6.20. The quantitative estimate of drug-likeness (QED) is 0.422. The molecular formula is C11H16O2. The molecule has 0 unspecified atom stereocenters. The number of hydrogen-bond donors (Lipinski definition) is 0. The predicted molar refractivity (Wildman–Crippen MR) is 50.1 cm³/mol. The minimum Gasteiger partial charge on any atom is -0.461 e. The van der Waals surface area contributed by atoms with Crippen molar-refractivity contribution in [2.75, 3.05) is 0 Å². The minimum atomic E-state index is -0.0830. The van der Waals surface area contributed by atoms with Gasteiger partial charge in [-0.3, -0.25) is 4.79 Å². The van der Waals surface area contributed by atoms with E-state index in [0.29, 0.717) is 18.3 Å². The Morgan fingerprint density at radius 3 is 3.00 bits per heavy atom. The van der Waals surface area contributed by atoms with Gasteiger partial charge in [-0.2, -0.15) is 0 Å². The van der Waals surface area contributed by atoms with Crippen LogP contribution >= 0.6 is 0 Å². The second-order valence-electron chi connectivity index (χ2n) is 4.39. The van der Waals surface area contributed by atoms with Crippen molar-refractivity contribution in [3.05, 3.63) is 12.2 Å². The minimum absolute atomic E-state index is 0.0830. The van der Waals surface area contributed by atoms with Crippen molar-refractivity contribution in [3.8, 4) is 0 Å². The molecular weight excluding hydrogens is 164 g/mol. The summed E-state index contributed by atoms with van der Waals surface area (Å²) in [4.78, 5) is 11.2. The fourth-order valence-electron chi connectivity index (χ4n) is 2.45. The molecule has 1 heterocycles. The largest absolute Gasteiger partial charge is 0.461 e. The van der Waals surface area contributed by atoms with E-state index in [1.54, 1.807) is 0 Å². The second kappa shape index (κ2) is 3.17. The van der Waals surface area contributed by atoms with Crippen molar-refractivity contribution in [3.63, 3.8) is 0 Å². The van der Waals surface area contributed by atoms with Gasteiger partial charge in [-0.05, 0) is 25.2 Å². The third-order valence-electron chi connectivity index (χ3n) is 3.23. The molecule has 1 aliphatic heterocycles. The first-order chi connectivity index (χ1) is 6.16. The van der Waals surface area contributed by atoms with Gasteiger partial charge < -0.3 is 4.74 Å². The summed E-state index contributed by atoms with van der Waals surface area (Å²) in [5, 5.41) is 0. The number of carbonyl (C=O) groups is 1. The van der Waals surface area contributed by atoms with Gasteiger partial charge in [-0.1, -0.05) is 19.1 Å². The molecule has 0 bridgehead atoms. The lowest BCUT2D eigenvalue weighted by molar-refractivity contribution is -0.157. The zero-order valence-electron chi connectivity index (χ0n) is 8.08. The molecule has 0 aromatic heterocycles. The van der Waals surface area contributed by atoms with E-state index in [4.69, 9.17) is 4.74 Å². The summed E-state index contributed by atoms with van der Waals surface area (Å²) in [6, 6.07) is 0. The Kier molecular flexibility index (Phi) is 2.14. The van der Waals surface area contributed by atoms with Crippen molar-refractivity contribution >= 4 is 5.97 Å². The third kappa shape index (κ3) is 1.62. The van der Waals surface area contributed by atoms with Gasteiger partial charge in [0, 0.05) is 5.92 Å². The van der Waals surface area contributed by atoms with Crippen LogP contribution in [-0.2, 0) is 9.53 Å². The maximum atomic E-state index is 11.2. The highest BCUT2D eigenvalue weighted by Gasteiger charge is 2.37. The van der Waals surface area contributed by atoms with Gasteiger partial charge >= 0.3 is 5.97 Å². The number of esters is 1. The molecule has 2 rings (SSSR count). The lowest BCUT2D eigenvalue weighted by atomic mass is 9.75. The van der Waals surface area contributed by atoms with E-state index in [2.05, 4.69) is 13.5 Å². The molecule has 0 radical (unpaired) electrons. The van der Waals surface area contributed by atoms with Crippen LogP contribution in [0.1, 0.15) is 32.6 Å². The van der Waals surface area contributed by atoms with Gasteiger partial charge in [0.05, 0.1) is 6.42 Å².